The summed E-state index contributed by atoms with van der Waals surface area (Å²) in [4.78, 5) is 4.62. The van der Waals surface area contributed by atoms with Crippen LogP contribution in [0.2, 0.25) is 0 Å². The minimum Gasteiger partial charge on any atom is -0.379 e. The smallest absolute Gasteiger partial charge is 0.220 e. The number of ether oxygens (including phenoxy) is 2. The number of aromatic nitrogens is 6. The number of rotatable bonds is 16. The fraction of sp³-hybridized carbons (Fsp3) is 0.423. The van der Waals surface area contributed by atoms with E-state index in [1.54, 1.807) is 0 Å². The fourth-order valence-corrected chi connectivity index (χ4v) is 9.12. The summed E-state index contributed by atoms with van der Waals surface area (Å²) < 4.78 is 21.6. The van der Waals surface area contributed by atoms with Crippen LogP contribution in [0.25, 0.3) is 0 Å². The highest BCUT2D eigenvalue weighted by Gasteiger charge is 2.23. The zero-order valence-corrected chi connectivity index (χ0v) is 44.9. The number of nitrogens with zero attached hydrogens (tertiary/aromatic N) is 10. The first-order valence-corrected chi connectivity index (χ1v) is 26.0. The van der Waals surface area contributed by atoms with Gasteiger partial charge in [-0.25, -0.2) is 9.36 Å². The second-order valence-corrected chi connectivity index (χ2v) is 20.9. The minimum atomic E-state index is 0.0443. The molecule has 0 saturated carbocycles. The van der Waals surface area contributed by atoms with Gasteiger partial charge in [-0.05, 0) is 107 Å². The lowest BCUT2D eigenvalue weighted by Crippen LogP contribution is -2.37. The summed E-state index contributed by atoms with van der Waals surface area (Å²) in [6.45, 7) is 21.0. The number of hydrogen-bond acceptors (Lipinski definition) is 10. The molecule has 2 aliphatic rings. The highest BCUT2D eigenvalue weighted by atomic mass is 79.9. The lowest BCUT2D eigenvalue weighted by Gasteiger charge is -2.26. The first kappa shape index (κ1) is 51.6. The normalized spacial score (nSPS) is 15.9. The molecule has 2 saturated heterocycles. The molecule has 0 radical (unpaired) electrons. The lowest BCUT2D eigenvalue weighted by molar-refractivity contribution is 0.0208. The number of hydrogen-bond donors (Lipinski definition) is 0. The molecule has 16 heteroatoms. The molecule has 0 amide bonds. The molecule has 4 heterocycles. The van der Waals surface area contributed by atoms with E-state index >= 15 is 0 Å². The fourth-order valence-electron chi connectivity index (χ4n) is 8.11. The van der Waals surface area contributed by atoms with Gasteiger partial charge in [0, 0.05) is 47.0 Å². The van der Waals surface area contributed by atoms with Crippen molar-refractivity contribution in [2.75, 3.05) is 52.6 Å². The quantitative estimate of drug-likeness (QED) is 0.0699. The monoisotopic (exact) mass is 1080 g/mol. The van der Waals surface area contributed by atoms with Crippen molar-refractivity contribution in [1.29, 1.82) is 0 Å². The Labute approximate surface area is 428 Å². The van der Waals surface area contributed by atoms with Crippen LogP contribution < -0.4 is 0 Å². The van der Waals surface area contributed by atoms with Crippen molar-refractivity contribution in [1.82, 2.24) is 38.7 Å². The van der Waals surface area contributed by atoms with Gasteiger partial charge in [-0.15, -0.1) is 0 Å². The Hall–Kier alpha value is -4.26. The van der Waals surface area contributed by atoms with Crippen molar-refractivity contribution in [2.45, 2.75) is 79.6 Å². The molecule has 360 valence electrons. The van der Waals surface area contributed by atoms with E-state index < -0.39 is 0 Å². The topological polar surface area (TPSA) is 95.2 Å². The first-order chi connectivity index (χ1) is 32.8. The van der Waals surface area contributed by atoms with Gasteiger partial charge in [0.2, 0.25) is 9.54 Å². The van der Waals surface area contributed by atoms with Crippen molar-refractivity contribution in [3.05, 3.63) is 161 Å². The highest BCUT2D eigenvalue weighted by Crippen LogP contribution is 2.27. The van der Waals surface area contributed by atoms with Crippen LogP contribution in [0.1, 0.15) is 98.4 Å². The standard InChI is InChI=1S/2C26H32BrN5OS/c2*1-19(2)16-21-4-8-23(9-5-21)20(3)25-29-31(18-30-12-14-33-15-13-30)26(34)32(25)28-17-22-6-10-24(27)11-7-22/h2*4-11,17,19-20H,12-16,18H2,1-3H3/b2*28-17+/t2*20-/m00/s1. The van der Waals surface area contributed by atoms with Crippen molar-refractivity contribution >= 4 is 68.7 Å². The van der Waals surface area contributed by atoms with Gasteiger partial charge < -0.3 is 9.47 Å². The van der Waals surface area contributed by atoms with E-state index in [-0.39, 0.29) is 11.8 Å². The highest BCUT2D eigenvalue weighted by molar-refractivity contribution is 9.10. The number of morpholine rings is 2. The third-order valence-electron chi connectivity index (χ3n) is 12.0. The Morgan fingerprint density at radius 3 is 1.19 bits per heavy atom. The van der Waals surface area contributed by atoms with Crippen LogP contribution in [0.15, 0.2) is 116 Å². The van der Waals surface area contributed by atoms with Gasteiger partial charge in [0.25, 0.3) is 0 Å². The van der Waals surface area contributed by atoms with Crippen molar-refractivity contribution < 1.29 is 9.47 Å². The molecule has 2 aromatic heterocycles. The minimum absolute atomic E-state index is 0.0443. The van der Waals surface area contributed by atoms with Gasteiger partial charge in [0.15, 0.2) is 11.6 Å². The van der Waals surface area contributed by atoms with Crippen molar-refractivity contribution in [3.63, 3.8) is 0 Å². The maximum absolute atomic E-state index is 5.84. The summed E-state index contributed by atoms with van der Waals surface area (Å²) in [7, 11) is 0. The average Bonchev–Trinajstić information content (AvgIpc) is 3.82. The number of halogens is 2. The zero-order chi connectivity index (χ0) is 48.2. The summed E-state index contributed by atoms with van der Waals surface area (Å²) in [5.41, 5.74) is 7.12. The largest absolute Gasteiger partial charge is 0.379 e. The van der Waals surface area contributed by atoms with Gasteiger partial charge in [-0.2, -0.15) is 29.8 Å². The van der Waals surface area contributed by atoms with Gasteiger partial charge in [-0.1, -0.05) is 146 Å². The molecule has 8 rings (SSSR count). The average molecular weight is 1090 g/mol. The Morgan fingerprint density at radius 1 is 0.529 bits per heavy atom. The van der Waals surface area contributed by atoms with Gasteiger partial charge >= 0.3 is 0 Å². The maximum atomic E-state index is 5.84. The third kappa shape index (κ3) is 14.4. The molecule has 0 aliphatic carbocycles. The van der Waals surface area contributed by atoms with Crippen LogP contribution in [-0.2, 0) is 35.7 Å². The number of benzene rings is 4. The molecule has 2 fully saturated rings. The SMILES string of the molecule is CC(C)Cc1ccc([C@H](C)c2nn(CN3CCOCC3)c(=S)n2/N=C/c2ccc(Br)cc2)cc1.CC(C)Cc1ccc([C@H](C)c2nn(CN3CCOCC3)c(=S)n2/N=C/c2ccc(Br)cc2)cc1. The summed E-state index contributed by atoms with van der Waals surface area (Å²) in [6, 6.07) is 33.8. The van der Waals surface area contributed by atoms with Crippen LogP contribution in [-0.4, -0.2) is 104 Å². The van der Waals surface area contributed by atoms with Crippen LogP contribution in [0.5, 0.6) is 0 Å². The van der Waals surface area contributed by atoms with E-state index in [0.29, 0.717) is 34.7 Å². The molecule has 2 aliphatic heterocycles. The third-order valence-corrected chi connectivity index (χ3v) is 13.8. The molecular formula is C52H64Br2N10O2S2. The molecule has 0 unspecified atom stereocenters. The van der Waals surface area contributed by atoms with Crippen molar-refractivity contribution in [2.24, 2.45) is 22.0 Å². The van der Waals surface area contributed by atoms with Crippen molar-refractivity contribution in [3.8, 4) is 0 Å². The maximum Gasteiger partial charge on any atom is 0.220 e. The Morgan fingerprint density at radius 2 is 0.868 bits per heavy atom. The summed E-state index contributed by atoms with van der Waals surface area (Å²) in [5, 5.41) is 19.4. The molecule has 0 spiro atoms. The van der Waals surface area contributed by atoms with Crippen LogP contribution in [0.3, 0.4) is 0 Å². The van der Waals surface area contributed by atoms with E-state index in [1.807, 2.05) is 79.7 Å². The molecule has 0 bridgehead atoms. The molecule has 2 atom stereocenters. The molecule has 6 aromatic rings. The van der Waals surface area contributed by atoms with E-state index in [4.69, 9.17) is 54.3 Å². The Balaban J connectivity index is 0.000000201. The lowest BCUT2D eigenvalue weighted by atomic mass is 9.96. The second kappa shape index (κ2) is 25.0. The first-order valence-electron chi connectivity index (χ1n) is 23.6. The van der Waals surface area contributed by atoms with E-state index in [9.17, 15) is 0 Å². The van der Waals surface area contributed by atoms with Gasteiger partial charge in [0.05, 0.1) is 52.2 Å². The summed E-state index contributed by atoms with van der Waals surface area (Å²) in [5.74, 6) is 3.03. The molecule has 12 nitrogen and oxygen atoms in total. The zero-order valence-electron chi connectivity index (χ0n) is 40.0. The predicted octanol–water partition coefficient (Wildman–Crippen LogP) is 11.4. The van der Waals surface area contributed by atoms with Crippen LogP contribution in [0.4, 0.5) is 0 Å². The summed E-state index contributed by atoms with van der Waals surface area (Å²) in [6.07, 6.45) is 5.84. The van der Waals surface area contributed by atoms with Crippen LogP contribution >= 0.6 is 56.3 Å². The van der Waals surface area contributed by atoms with E-state index in [1.165, 1.54) is 22.3 Å². The van der Waals surface area contributed by atoms with Crippen LogP contribution in [0, 0.1) is 21.4 Å². The van der Waals surface area contributed by atoms with E-state index in [0.717, 1.165) is 97.2 Å². The van der Waals surface area contributed by atoms with E-state index in [2.05, 4.69) is 132 Å². The predicted molar refractivity (Wildman–Crippen MR) is 286 cm³/mol. The Kier molecular flexibility index (Phi) is 19.0. The Bertz CT molecular complexity index is 2510. The molecule has 4 aromatic carbocycles. The molecule has 0 N–H and O–H groups in total. The summed E-state index contributed by atoms with van der Waals surface area (Å²) >= 11 is 18.6. The molecule has 68 heavy (non-hydrogen) atoms. The molecular weight excluding hydrogens is 1020 g/mol. The second-order valence-electron chi connectivity index (χ2n) is 18.4. The van der Waals surface area contributed by atoms with Gasteiger partial charge in [0.1, 0.15) is 0 Å². The van der Waals surface area contributed by atoms with Gasteiger partial charge in [-0.3, -0.25) is 9.80 Å².